The summed E-state index contributed by atoms with van der Waals surface area (Å²) in [5.41, 5.74) is 7.59. The largest absolute Gasteiger partial charge is 0.369 e. The van der Waals surface area contributed by atoms with Crippen LogP contribution in [0.1, 0.15) is 5.56 Å². The average Bonchev–Trinajstić information content (AvgIpc) is 2.33. The first-order valence-electron chi connectivity index (χ1n) is 5.39. The standard InChI is InChI=1S/C14H11ClFNO/c15-12-7-10(5-6-13(12)16)11-4-2-1-3-9(11)8-14(17)18/h1-7H,8H2,(H2,17,18). The van der Waals surface area contributed by atoms with Crippen LogP contribution in [0.3, 0.4) is 0 Å². The van der Waals surface area contributed by atoms with Crippen molar-refractivity contribution in [2.24, 2.45) is 5.73 Å². The molecule has 0 radical (unpaired) electrons. The SMILES string of the molecule is NC(=O)Cc1ccccc1-c1ccc(F)c(Cl)c1. The Morgan fingerprint density at radius 2 is 1.94 bits per heavy atom. The van der Waals surface area contributed by atoms with Crippen LogP contribution in [0.4, 0.5) is 4.39 Å². The molecule has 0 saturated heterocycles. The van der Waals surface area contributed by atoms with Crippen LogP contribution in [0, 0.1) is 5.82 Å². The zero-order valence-electron chi connectivity index (χ0n) is 9.49. The molecule has 1 amide bonds. The fraction of sp³-hybridized carbons (Fsp3) is 0.0714. The minimum Gasteiger partial charge on any atom is -0.369 e. The molecule has 2 rings (SSSR count). The number of halogens is 2. The summed E-state index contributed by atoms with van der Waals surface area (Å²) in [6, 6.07) is 11.8. The van der Waals surface area contributed by atoms with E-state index in [-0.39, 0.29) is 11.4 Å². The quantitative estimate of drug-likeness (QED) is 0.908. The second-order valence-electron chi connectivity index (χ2n) is 3.93. The van der Waals surface area contributed by atoms with Crippen LogP contribution in [0.5, 0.6) is 0 Å². The van der Waals surface area contributed by atoms with Gasteiger partial charge in [-0.3, -0.25) is 4.79 Å². The van der Waals surface area contributed by atoms with Crippen molar-refractivity contribution in [3.05, 3.63) is 58.9 Å². The van der Waals surface area contributed by atoms with Gasteiger partial charge in [-0.1, -0.05) is 41.9 Å². The first-order valence-corrected chi connectivity index (χ1v) is 5.77. The molecule has 2 nitrogen and oxygen atoms in total. The number of carbonyl (C=O) groups excluding carboxylic acids is 1. The Labute approximate surface area is 109 Å². The molecule has 0 spiro atoms. The topological polar surface area (TPSA) is 43.1 Å². The zero-order valence-corrected chi connectivity index (χ0v) is 10.2. The summed E-state index contributed by atoms with van der Waals surface area (Å²) in [7, 11) is 0. The molecule has 0 aliphatic heterocycles. The number of hydrogen-bond donors (Lipinski definition) is 1. The van der Waals surface area contributed by atoms with Crippen molar-refractivity contribution < 1.29 is 9.18 Å². The summed E-state index contributed by atoms with van der Waals surface area (Å²) in [6.07, 6.45) is 0.144. The molecule has 0 fully saturated rings. The third-order valence-electron chi connectivity index (χ3n) is 2.61. The second-order valence-corrected chi connectivity index (χ2v) is 4.34. The van der Waals surface area contributed by atoms with Gasteiger partial charge in [0.2, 0.25) is 5.91 Å². The van der Waals surface area contributed by atoms with Gasteiger partial charge in [0.15, 0.2) is 0 Å². The van der Waals surface area contributed by atoms with Gasteiger partial charge in [-0.2, -0.15) is 0 Å². The molecule has 0 heterocycles. The third-order valence-corrected chi connectivity index (χ3v) is 2.90. The summed E-state index contributed by atoms with van der Waals surface area (Å²) in [5.74, 6) is -0.872. The van der Waals surface area contributed by atoms with Gasteiger partial charge in [0, 0.05) is 0 Å². The zero-order chi connectivity index (χ0) is 13.1. The van der Waals surface area contributed by atoms with E-state index in [2.05, 4.69) is 0 Å². The molecule has 0 saturated carbocycles. The molecule has 2 aromatic carbocycles. The van der Waals surface area contributed by atoms with Gasteiger partial charge in [-0.05, 0) is 28.8 Å². The van der Waals surface area contributed by atoms with Crippen molar-refractivity contribution in [2.45, 2.75) is 6.42 Å². The van der Waals surface area contributed by atoms with E-state index in [1.54, 1.807) is 6.07 Å². The highest BCUT2D eigenvalue weighted by molar-refractivity contribution is 6.31. The van der Waals surface area contributed by atoms with Gasteiger partial charge in [-0.15, -0.1) is 0 Å². The minimum atomic E-state index is -0.465. The van der Waals surface area contributed by atoms with Crippen LogP contribution in [-0.4, -0.2) is 5.91 Å². The maximum Gasteiger partial charge on any atom is 0.221 e. The minimum absolute atomic E-state index is 0.0568. The van der Waals surface area contributed by atoms with Crippen LogP contribution >= 0.6 is 11.6 Å². The van der Waals surface area contributed by atoms with E-state index in [1.807, 2.05) is 24.3 Å². The lowest BCUT2D eigenvalue weighted by atomic mass is 9.97. The highest BCUT2D eigenvalue weighted by Gasteiger charge is 2.09. The van der Waals surface area contributed by atoms with Crippen LogP contribution in [0.2, 0.25) is 5.02 Å². The molecule has 92 valence electrons. The molecule has 0 aromatic heterocycles. The molecule has 18 heavy (non-hydrogen) atoms. The highest BCUT2D eigenvalue weighted by Crippen LogP contribution is 2.27. The van der Waals surface area contributed by atoms with E-state index < -0.39 is 11.7 Å². The summed E-state index contributed by atoms with van der Waals surface area (Å²) in [4.78, 5) is 11.0. The second kappa shape index (κ2) is 5.19. The lowest BCUT2D eigenvalue weighted by Crippen LogP contribution is -2.14. The Balaban J connectivity index is 2.49. The third kappa shape index (κ3) is 2.68. The summed E-state index contributed by atoms with van der Waals surface area (Å²) < 4.78 is 13.1. The molecule has 0 aliphatic carbocycles. The smallest absolute Gasteiger partial charge is 0.221 e. The van der Waals surface area contributed by atoms with Gasteiger partial charge >= 0.3 is 0 Å². The number of carbonyl (C=O) groups is 1. The Bertz CT molecular complexity index is 598. The molecular formula is C14H11ClFNO. The van der Waals surface area contributed by atoms with Crippen molar-refractivity contribution in [1.29, 1.82) is 0 Å². The van der Waals surface area contributed by atoms with Crippen molar-refractivity contribution in [3.8, 4) is 11.1 Å². The van der Waals surface area contributed by atoms with Gasteiger partial charge in [-0.25, -0.2) is 4.39 Å². The molecule has 0 aliphatic rings. The van der Waals surface area contributed by atoms with Crippen molar-refractivity contribution >= 4 is 17.5 Å². The summed E-state index contributed by atoms with van der Waals surface area (Å²) in [5, 5.41) is 0.0568. The monoisotopic (exact) mass is 263 g/mol. The van der Waals surface area contributed by atoms with Crippen LogP contribution in [0.15, 0.2) is 42.5 Å². The normalized spacial score (nSPS) is 10.3. The van der Waals surface area contributed by atoms with Crippen LogP contribution in [0.25, 0.3) is 11.1 Å². The molecule has 4 heteroatoms. The lowest BCUT2D eigenvalue weighted by Gasteiger charge is -2.08. The Kier molecular flexibility index (Phi) is 3.63. The van der Waals surface area contributed by atoms with E-state index in [4.69, 9.17) is 17.3 Å². The summed E-state index contributed by atoms with van der Waals surface area (Å²) >= 11 is 5.76. The van der Waals surface area contributed by atoms with E-state index in [0.717, 1.165) is 16.7 Å². The average molecular weight is 264 g/mol. The molecule has 2 N–H and O–H groups in total. The fourth-order valence-electron chi connectivity index (χ4n) is 1.81. The maximum atomic E-state index is 13.1. The molecular weight excluding hydrogens is 253 g/mol. The van der Waals surface area contributed by atoms with Gasteiger partial charge in [0.05, 0.1) is 11.4 Å². The molecule has 0 unspecified atom stereocenters. The van der Waals surface area contributed by atoms with Crippen molar-refractivity contribution in [2.75, 3.05) is 0 Å². The highest BCUT2D eigenvalue weighted by atomic mass is 35.5. The first kappa shape index (κ1) is 12.6. The van der Waals surface area contributed by atoms with Crippen LogP contribution in [-0.2, 0) is 11.2 Å². The van der Waals surface area contributed by atoms with Crippen molar-refractivity contribution in [1.82, 2.24) is 0 Å². The Hall–Kier alpha value is -1.87. The fourth-order valence-corrected chi connectivity index (χ4v) is 1.99. The number of benzene rings is 2. The predicted molar refractivity (Wildman–Crippen MR) is 69.7 cm³/mol. The first-order chi connectivity index (χ1) is 8.58. The number of amides is 1. The molecule has 0 atom stereocenters. The Morgan fingerprint density at radius 1 is 1.22 bits per heavy atom. The predicted octanol–water partition coefficient (Wildman–Crippen LogP) is 3.17. The lowest BCUT2D eigenvalue weighted by molar-refractivity contribution is -0.117. The van der Waals surface area contributed by atoms with Gasteiger partial charge in [0.1, 0.15) is 5.82 Å². The van der Waals surface area contributed by atoms with Gasteiger partial charge < -0.3 is 5.73 Å². The van der Waals surface area contributed by atoms with E-state index in [1.165, 1.54) is 12.1 Å². The van der Waals surface area contributed by atoms with Gasteiger partial charge in [0.25, 0.3) is 0 Å². The number of nitrogens with two attached hydrogens (primary N) is 1. The Morgan fingerprint density at radius 3 is 2.61 bits per heavy atom. The molecule has 2 aromatic rings. The van der Waals surface area contributed by atoms with E-state index in [9.17, 15) is 9.18 Å². The number of hydrogen-bond acceptors (Lipinski definition) is 1. The van der Waals surface area contributed by atoms with Crippen molar-refractivity contribution in [3.63, 3.8) is 0 Å². The summed E-state index contributed by atoms with van der Waals surface area (Å²) in [6.45, 7) is 0. The van der Waals surface area contributed by atoms with E-state index in [0.29, 0.717) is 0 Å². The van der Waals surface area contributed by atoms with E-state index >= 15 is 0 Å². The number of primary amides is 1. The van der Waals surface area contributed by atoms with Crippen LogP contribution < -0.4 is 5.73 Å². The molecule has 0 bridgehead atoms. The number of rotatable bonds is 3. The maximum absolute atomic E-state index is 13.1.